The summed E-state index contributed by atoms with van der Waals surface area (Å²) in [5.41, 5.74) is 2.82. The number of fused-ring (bicyclic) bond motifs is 2. The Morgan fingerprint density at radius 1 is 0.833 bits per heavy atom. The van der Waals surface area contributed by atoms with Crippen molar-refractivity contribution in [2.45, 2.75) is 13.1 Å². The van der Waals surface area contributed by atoms with Gasteiger partial charge in [-0.1, -0.05) is 11.8 Å². The van der Waals surface area contributed by atoms with Gasteiger partial charge in [0.2, 0.25) is 0 Å². The lowest BCUT2D eigenvalue weighted by Gasteiger charge is -2.04. The molecule has 30 heavy (non-hydrogen) atoms. The van der Waals surface area contributed by atoms with Crippen LogP contribution in [0.2, 0.25) is 0 Å². The molecule has 4 aromatic rings. The van der Waals surface area contributed by atoms with Crippen LogP contribution < -0.4 is 0 Å². The van der Waals surface area contributed by atoms with Crippen molar-refractivity contribution in [2.75, 3.05) is 14.2 Å². The van der Waals surface area contributed by atoms with Crippen molar-refractivity contribution in [1.29, 1.82) is 0 Å². The quantitative estimate of drug-likeness (QED) is 0.358. The fourth-order valence-electron chi connectivity index (χ4n) is 3.17. The standard InChI is InChI=1S/C22H16N2O4S2/c1-27-21(25)17-13-19-15(7-11-29-19)23(17)9-5-3-4-6-10-24-16-8-12-30-20(16)14-18(24)22(26)28-2/h7-8,11-14H,9-10H2,1-2H3. The van der Waals surface area contributed by atoms with Crippen molar-refractivity contribution in [3.63, 3.8) is 0 Å². The first-order chi connectivity index (χ1) is 14.6. The average Bonchev–Trinajstić information content (AvgIpc) is 3.51. The zero-order chi connectivity index (χ0) is 21.1. The Bertz CT molecular complexity index is 1270. The number of carbonyl (C=O) groups is 2. The first kappa shape index (κ1) is 19.8. The lowest BCUT2D eigenvalue weighted by molar-refractivity contribution is 0.0581. The summed E-state index contributed by atoms with van der Waals surface area (Å²) in [6.45, 7) is 0.649. The van der Waals surface area contributed by atoms with Gasteiger partial charge in [-0.05, 0) is 46.9 Å². The number of aromatic nitrogens is 2. The van der Waals surface area contributed by atoms with Crippen LogP contribution in [-0.2, 0) is 22.6 Å². The van der Waals surface area contributed by atoms with E-state index in [9.17, 15) is 9.59 Å². The molecule has 150 valence electrons. The number of esters is 2. The maximum absolute atomic E-state index is 12.0. The fourth-order valence-corrected chi connectivity index (χ4v) is 4.81. The molecule has 0 aliphatic rings. The number of ether oxygens (including phenoxy) is 2. The number of hydrogen-bond donors (Lipinski definition) is 0. The lowest BCUT2D eigenvalue weighted by Crippen LogP contribution is -2.10. The van der Waals surface area contributed by atoms with Gasteiger partial charge in [-0.3, -0.25) is 0 Å². The Labute approximate surface area is 180 Å². The van der Waals surface area contributed by atoms with E-state index in [1.165, 1.54) is 14.2 Å². The van der Waals surface area contributed by atoms with E-state index in [1.807, 2.05) is 44.2 Å². The summed E-state index contributed by atoms with van der Waals surface area (Å²) in [7, 11) is 2.72. The summed E-state index contributed by atoms with van der Waals surface area (Å²) in [4.78, 5) is 24.0. The highest BCUT2D eigenvalue weighted by molar-refractivity contribution is 7.17. The molecule has 0 aromatic carbocycles. The molecule has 0 atom stereocenters. The summed E-state index contributed by atoms with van der Waals surface area (Å²) >= 11 is 3.12. The molecule has 0 unspecified atom stereocenters. The van der Waals surface area contributed by atoms with Gasteiger partial charge in [-0.15, -0.1) is 22.7 Å². The molecule has 0 aliphatic heterocycles. The van der Waals surface area contributed by atoms with Gasteiger partial charge < -0.3 is 18.6 Å². The smallest absolute Gasteiger partial charge is 0.354 e. The predicted molar refractivity (Wildman–Crippen MR) is 118 cm³/mol. The van der Waals surface area contributed by atoms with Crippen molar-refractivity contribution in [2.24, 2.45) is 0 Å². The number of carbonyl (C=O) groups excluding carboxylic acids is 2. The molecule has 0 saturated heterocycles. The van der Waals surface area contributed by atoms with E-state index in [0.29, 0.717) is 24.5 Å². The predicted octanol–water partition coefficient (Wildman–Crippen LogP) is 4.00. The topological polar surface area (TPSA) is 62.5 Å². The molecule has 0 N–H and O–H groups in total. The summed E-state index contributed by atoms with van der Waals surface area (Å²) in [5, 5.41) is 3.94. The second-order valence-electron chi connectivity index (χ2n) is 6.16. The maximum Gasteiger partial charge on any atom is 0.354 e. The minimum atomic E-state index is -0.394. The monoisotopic (exact) mass is 436 g/mol. The van der Waals surface area contributed by atoms with Crippen LogP contribution in [0.15, 0.2) is 35.0 Å². The molecule has 0 spiro atoms. The highest BCUT2D eigenvalue weighted by Gasteiger charge is 2.17. The van der Waals surface area contributed by atoms with E-state index >= 15 is 0 Å². The number of thiophene rings is 2. The molecular formula is C22H16N2O4S2. The number of hydrogen-bond acceptors (Lipinski definition) is 6. The van der Waals surface area contributed by atoms with Crippen molar-refractivity contribution in [1.82, 2.24) is 9.13 Å². The molecule has 8 heteroatoms. The summed E-state index contributed by atoms with van der Waals surface area (Å²) in [5.74, 6) is 10.8. The largest absolute Gasteiger partial charge is 0.464 e. The Balaban J connectivity index is 1.53. The molecule has 0 aliphatic carbocycles. The second kappa shape index (κ2) is 8.50. The second-order valence-corrected chi connectivity index (χ2v) is 8.05. The summed E-state index contributed by atoms with van der Waals surface area (Å²) in [6.07, 6.45) is 0. The Morgan fingerprint density at radius 3 is 1.67 bits per heavy atom. The van der Waals surface area contributed by atoms with Gasteiger partial charge in [0.1, 0.15) is 11.4 Å². The number of rotatable bonds is 4. The zero-order valence-corrected chi connectivity index (χ0v) is 17.9. The van der Waals surface area contributed by atoms with Gasteiger partial charge in [-0.25, -0.2) is 9.59 Å². The summed E-state index contributed by atoms with van der Waals surface area (Å²) < 4.78 is 15.4. The minimum absolute atomic E-state index is 0.324. The van der Waals surface area contributed by atoms with Crippen molar-refractivity contribution in [3.05, 3.63) is 46.4 Å². The van der Waals surface area contributed by atoms with Gasteiger partial charge in [-0.2, -0.15) is 0 Å². The van der Waals surface area contributed by atoms with Gasteiger partial charge in [0, 0.05) is 0 Å². The minimum Gasteiger partial charge on any atom is -0.464 e. The Hall–Kier alpha value is -3.46. The van der Waals surface area contributed by atoms with Crippen LogP contribution >= 0.6 is 22.7 Å². The van der Waals surface area contributed by atoms with E-state index in [1.54, 1.807) is 22.7 Å². The molecule has 4 rings (SSSR count). The molecule has 4 aromatic heterocycles. The summed E-state index contributed by atoms with van der Waals surface area (Å²) in [6, 6.07) is 7.52. The van der Waals surface area contributed by atoms with Crippen molar-refractivity contribution >= 4 is 55.0 Å². The normalized spacial score (nSPS) is 10.3. The van der Waals surface area contributed by atoms with E-state index in [0.717, 1.165) is 20.4 Å². The first-order valence-electron chi connectivity index (χ1n) is 8.90. The third-order valence-electron chi connectivity index (χ3n) is 4.55. The SMILES string of the molecule is COC(=O)c1cc2sccc2n1CC#CC#CCn1c(C(=O)OC)cc2sccc21. The van der Waals surface area contributed by atoms with Crippen LogP contribution in [0.3, 0.4) is 0 Å². The highest BCUT2D eigenvalue weighted by Crippen LogP contribution is 2.26. The molecule has 0 fully saturated rings. The van der Waals surface area contributed by atoms with E-state index in [2.05, 4.69) is 23.7 Å². The Morgan fingerprint density at radius 2 is 1.27 bits per heavy atom. The average molecular weight is 437 g/mol. The molecule has 4 heterocycles. The highest BCUT2D eigenvalue weighted by atomic mass is 32.1. The first-order valence-corrected chi connectivity index (χ1v) is 10.7. The van der Waals surface area contributed by atoms with Crippen LogP contribution in [0.4, 0.5) is 0 Å². The third kappa shape index (κ3) is 3.59. The number of methoxy groups -OCH3 is 2. The third-order valence-corrected chi connectivity index (χ3v) is 6.25. The van der Waals surface area contributed by atoms with E-state index in [-0.39, 0.29) is 0 Å². The van der Waals surface area contributed by atoms with Crippen LogP contribution in [0, 0.1) is 23.7 Å². The van der Waals surface area contributed by atoms with Gasteiger partial charge >= 0.3 is 11.9 Å². The van der Waals surface area contributed by atoms with Crippen LogP contribution in [-0.4, -0.2) is 35.3 Å². The van der Waals surface area contributed by atoms with Crippen LogP contribution in [0.25, 0.3) is 20.4 Å². The zero-order valence-electron chi connectivity index (χ0n) is 16.2. The van der Waals surface area contributed by atoms with E-state index in [4.69, 9.17) is 9.47 Å². The molecule has 6 nitrogen and oxygen atoms in total. The maximum atomic E-state index is 12.0. The van der Waals surface area contributed by atoms with Crippen LogP contribution in [0.5, 0.6) is 0 Å². The molecule has 0 saturated carbocycles. The van der Waals surface area contributed by atoms with Crippen molar-refractivity contribution < 1.29 is 19.1 Å². The lowest BCUT2D eigenvalue weighted by atomic mass is 10.4. The molecule has 0 radical (unpaired) electrons. The number of nitrogens with zero attached hydrogens (tertiary/aromatic N) is 2. The molecule has 0 bridgehead atoms. The Kier molecular flexibility index (Phi) is 5.62. The van der Waals surface area contributed by atoms with Crippen LogP contribution in [0.1, 0.15) is 21.0 Å². The van der Waals surface area contributed by atoms with E-state index < -0.39 is 11.9 Å². The van der Waals surface area contributed by atoms with Gasteiger partial charge in [0.15, 0.2) is 0 Å². The molecule has 0 amide bonds. The van der Waals surface area contributed by atoms with Gasteiger partial charge in [0.05, 0.1) is 47.7 Å². The molecular weight excluding hydrogens is 420 g/mol. The fraction of sp³-hybridized carbons (Fsp3) is 0.182. The van der Waals surface area contributed by atoms with Gasteiger partial charge in [0.25, 0.3) is 0 Å². The van der Waals surface area contributed by atoms with Crippen molar-refractivity contribution in [3.8, 4) is 23.7 Å².